The van der Waals surface area contributed by atoms with Crippen LogP contribution in [0.25, 0.3) is 0 Å². The van der Waals surface area contributed by atoms with Crippen LogP contribution in [-0.4, -0.2) is 20.5 Å². The summed E-state index contributed by atoms with van der Waals surface area (Å²) in [5.41, 5.74) is 0.736. The van der Waals surface area contributed by atoms with Crippen LogP contribution in [0.5, 0.6) is 11.5 Å². The van der Waals surface area contributed by atoms with Crippen LogP contribution in [-0.2, 0) is 11.2 Å². The van der Waals surface area contributed by atoms with Gasteiger partial charge in [-0.2, -0.15) is 0 Å². The molecule has 5 heteroatoms. The van der Waals surface area contributed by atoms with Crippen molar-refractivity contribution in [1.82, 2.24) is 0 Å². The van der Waals surface area contributed by atoms with Crippen molar-refractivity contribution in [3.8, 4) is 11.5 Å². The highest BCUT2D eigenvalue weighted by molar-refractivity contribution is 9.10. The lowest BCUT2D eigenvalue weighted by molar-refractivity contribution is -0.107. The fourth-order valence-corrected chi connectivity index (χ4v) is 1.90. The molecule has 0 heterocycles. The lowest BCUT2D eigenvalue weighted by Gasteiger charge is -2.14. The normalized spacial score (nSPS) is 10.0. The summed E-state index contributed by atoms with van der Waals surface area (Å²) < 4.78 is 24.0. The molecule has 0 unspecified atom stereocenters. The second kappa shape index (κ2) is 5.84. The molecule has 0 radical (unpaired) electrons. The van der Waals surface area contributed by atoms with E-state index in [1.165, 1.54) is 14.2 Å². The van der Waals surface area contributed by atoms with E-state index in [4.69, 9.17) is 9.47 Å². The summed E-state index contributed by atoms with van der Waals surface area (Å²) in [5, 5.41) is 0. The maximum Gasteiger partial charge on any atom is 0.198 e. The fourth-order valence-electron chi connectivity index (χ4n) is 1.44. The molecule has 0 amide bonds. The SMILES string of the molecule is COc1c(CCC=O)cc(Br)c(F)c1OC. The second-order valence-corrected chi connectivity index (χ2v) is 3.96. The quantitative estimate of drug-likeness (QED) is 0.782. The Morgan fingerprint density at radius 1 is 1.38 bits per heavy atom. The second-order valence-electron chi connectivity index (χ2n) is 3.10. The number of ether oxygens (including phenoxy) is 2. The van der Waals surface area contributed by atoms with Gasteiger partial charge >= 0.3 is 0 Å². The van der Waals surface area contributed by atoms with Gasteiger partial charge in [0.15, 0.2) is 17.3 Å². The van der Waals surface area contributed by atoms with Crippen molar-refractivity contribution >= 4 is 22.2 Å². The third kappa shape index (κ3) is 2.52. The van der Waals surface area contributed by atoms with Gasteiger partial charge in [0.1, 0.15) is 6.29 Å². The van der Waals surface area contributed by atoms with E-state index < -0.39 is 5.82 Å². The van der Waals surface area contributed by atoms with E-state index in [2.05, 4.69) is 15.9 Å². The summed E-state index contributed by atoms with van der Waals surface area (Å²) in [6, 6.07) is 1.60. The average Bonchev–Trinajstić information content (AvgIpc) is 2.29. The first-order valence-corrected chi connectivity index (χ1v) is 5.47. The zero-order chi connectivity index (χ0) is 12.1. The summed E-state index contributed by atoms with van der Waals surface area (Å²) in [5.74, 6) is -0.114. The highest BCUT2D eigenvalue weighted by Crippen LogP contribution is 2.38. The third-order valence-corrected chi connectivity index (χ3v) is 2.72. The Morgan fingerprint density at radius 3 is 2.50 bits per heavy atom. The van der Waals surface area contributed by atoms with Crippen molar-refractivity contribution in [3.63, 3.8) is 0 Å². The number of hydrogen-bond donors (Lipinski definition) is 0. The van der Waals surface area contributed by atoms with Crippen molar-refractivity contribution < 1.29 is 18.7 Å². The molecule has 0 aliphatic rings. The number of methoxy groups -OCH3 is 2. The minimum Gasteiger partial charge on any atom is -0.492 e. The topological polar surface area (TPSA) is 35.5 Å². The van der Waals surface area contributed by atoms with Crippen molar-refractivity contribution in [1.29, 1.82) is 0 Å². The van der Waals surface area contributed by atoms with E-state index in [9.17, 15) is 9.18 Å². The van der Waals surface area contributed by atoms with Crippen LogP contribution in [0, 0.1) is 5.82 Å². The van der Waals surface area contributed by atoms with Gasteiger partial charge in [-0.15, -0.1) is 0 Å². The van der Waals surface area contributed by atoms with Gasteiger partial charge in [-0.25, -0.2) is 4.39 Å². The maximum absolute atomic E-state index is 13.6. The molecule has 3 nitrogen and oxygen atoms in total. The van der Waals surface area contributed by atoms with Crippen molar-refractivity contribution in [2.45, 2.75) is 12.8 Å². The zero-order valence-electron chi connectivity index (χ0n) is 9.05. The number of aldehydes is 1. The summed E-state index contributed by atoms with van der Waals surface area (Å²) in [7, 11) is 2.81. The highest BCUT2D eigenvalue weighted by Gasteiger charge is 2.18. The standard InChI is InChI=1S/C11H12BrFO3/c1-15-10-7(4-3-5-14)6-8(12)9(13)11(10)16-2/h5-6H,3-4H2,1-2H3. The number of halogens is 2. The largest absolute Gasteiger partial charge is 0.492 e. The van der Waals surface area contributed by atoms with Crippen LogP contribution in [0.3, 0.4) is 0 Å². The first kappa shape index (κ1) is 13.0. The van der Waals surface area contributed by atoms with Crippen LogP contribution in [0.2, 0.25) is 0 Å². The van der Waals surface area contributed by atoms with Gasteiger partial charge in [0.25, 0.3) is 0 Å². The summed E-state index contributed by atoms with van der Waals surface area (Å²) >= 11 is 3.09. The number of carbonyl (C=O) groups excluding carboxylic acids is 1. The van der Waals surface area contributed by atoms with Gasteiger partial charge in [-0.05, 0) is 34.0 Å². The molecule has 0 saturated carbocycles. The van der Waals surface area contributed by atoms with Crippen molar-refractivity contribution in [3.05, 3.63) is 21.9 Å². The average molecular weight is 291 g/mol. The minimum absolute atomic E-state index is 0.0535. The summed E-state index contributed by atoms with van der Waals surface area (Å²) in [6.07, 6.45) is 1.66. The lowest BCUT2D eigenvalue weighted by Crippen LogP contribution is -2.00. The van der Waals surface area contributed by atoms with E-state index in [1.54, 1.807) is 6.07 Å². The molecular formula is C11H12BrFO3. The van der Waals surface area contributed by atoms with Crippen LogP contribution in [0.4, 0.5) is 4.39 Å². The monoisotopic (exact) mass is 290 g/mol. The van der Waals surface area contributed by atoms with Gasteiger partial charge in [-0.3, -0.25) is 0 Å². The number of carbonyl (C=O) groups is 1. The van der Waals surface area contributed by atoms with Gasteiger partial charge in [-0.1, -0.05) is 0 Å². The van der Waals surface area contributed by atoms with Crippen LogP contribution in [0.1, 0.15) is 12.0 Å². The number of aryl methyl sites for hydroxylation is 1. The van der Waals surface area contributed by atoms with E-state index in [-0.39, 0.29) is 5.75 Å². The Labute approximate surface area is 102 Å². The van der Waals surface area contributed by atoms with Gasteiger partial charge in [0, 0.05) is 6.42 Å². The summed E-state index contributed by atoms with van der Waals surface area (Å²) in [6.45, 7) is 0. The van der Waals surface area contributed by atoms with Crippen molar-refractivity contribution in [2.24, 2.45) is 0 Å². The lowest BCUT2D eigenvalue weighted by atomic mass is 10.1. The van der Waals surface area contributed by atoms with E-state index in [1.807, 2.05) is 0 Å². The molecular weight excluding hydrogens is 279 g/mol. The number of rotatable bonds is 5. The van der Waals surface area contributed by atoms with E-state index in [0.717, 1.165) is 11.8 Å². The molecule has 1 rings (SSSR count). The molecule has 0 atom stereocenters. The maximum atomic E-state index is 13.6. The molecule has 0 aliphatic carbocycles. The minimum atomic E-state index is -0.505. The first-order chi connectivity index (χ1) is 7.65. The third-order valence-electron chi connectivity index (χ3n) is 2.15. The Kier molecular flexibility index (Phi) is 4.73. The Morgan fingerprint density at radius 2 is 2.00 bits per heavy atom. The molecule has 0 aliphatic heterocycles. The van der Waals surface area contributed by atoms with Gasteiger partial charge < -0.3 is 14.3 Å². The molecule has 1 aromatic rings. The molecule has 1 aromatic carbocycles. The van der Waals surface area contributed by atoms with E-state index in [0.29, 0.717) is 23.1 Å². The molecule has 0 bridgehead atoms. The molecule has 0 saturated heterocycles. The molecule has 0 aromatic heterocycles. The van der Waals surface area contributed by atoms with Crippen LogP contribution < -0.4 is 9.47 Å². The molecule has 16 heavy (non-hydrogen) atoms. The van der Waals surface area contributed by atoms with Crippen molar-refractivity contribution in [2.75, 3.05) is 14.2 Å². The fraction of sp³-hybridized carbons (Fsp3) is 0.364. The Balaban J connectivity index is 3.25. The van der Waals surface area contributed by atoms with Crippen LogP contribution in [0.15, 0.2) is 10.5 Å². The van der Waals surface area contributed by atoms with Gasteiger partial charge in [0.05, 0.1) is 18.7 Å². The smallest absolute Gasteiger partial charge is 0.198 e. The molecule has 0 fully saturated rings. The predicted molar refractivity (Wildman–Crippen MR) is 61.6 cm³/mol. The Bertz CT molecular complexity index is 393. The van der Waals surface area contributed by atoms with E-state index >= 15 is 0 Å². The zero-order valence-corrected chi connectivity index (χ0v) is 10.6. The summed E-state index contributed by atoms with van der Waals surface area (Å²) in [4.78, 5) is 10.3. The van der Waals surface area contributed by atoms with Crippen LogP contribution >= 0.6 is 15.9 Å². The molecule has 0 spiro atoms. The highest BCUT2D eigenvalue weighted by atomic mass is 79.9. The molecule has 88 valence electrons. The first-order valence-electron chi connectivity index (χ1n) is 4.68. The van der Waals surface area contributed by atoms with Gasteiger partial charge in [0.2, 0.25) is 0 Å². The number of hydrogen-bond acceptors (Lipinski definition) is 3. The number of benzene rings is 1. The Hall–Kier alpha value is -1.10. The predicted octanol–water partition coefficient (Wildman–Crippen LogP) is 2.74. The molecule has 0 N–H and O–H groups in total.